The van der Waals surface area contributed by atoms with E-state index in [4.69, 9.17) is 11.6 Å². The lowest BCUT2D eigenvalue weighted by Gasteiger charge is -2.26. The third kappa shape index (κ3) is 3.32. The summed E-state index contributed by atoms with van der Waals surface area (Å²) in [5, 5.41) is 13.6. The van der Waals surface area contributed by atoms with Crippen LogP contribution in [-0.4, -0.2) is 23.8 Å². The van der Waals surface area contributed by atoms with Crippen molar-refractivity contribution >= 4 is 40.5 Å². The first-order valence-corrected chi connectivity index (χ1v) is 7.89. The highest BCUT2D eigenvalue weighted by molar-refractivity contribution is 6.32. The van der Waals surface area contributed by atoms with Crippen molar-refractivity contribution in [3.8, 4) is 0 Å². The molecule has 128 valence electrons. The van der Waals surface area contributed by atoms with E-state index in [-0.39, 0.29) is 22.2 Å². The molecule has 0 aromatic heterocycles. The average Bonchev–Trinajstić information content (AvgIpc) is 2.58. The maximum atomic E-state index is 12.3. The fraction of sp³-hybridized carbons (Fsp3) is 0.176. The molecule has 0 fully saturated rings. The number of aryl methyl sites for hydroxylation is 1. The van der Waals surface area contributed by atoms with Crippen LogP contribution in [0.2, 0.25) is 5.02 Å². The van der Waals surface area contributed by atoms with Crippen molar-refractivity contribution in [2.75, 3.05) is 17.3 Å². The number of hydrogen-bond donors (Lipinski definition) is 1. The molecule has 0 spiro atoms. The summed E-state index contributed by atoms with van der Waals surface area (Å²) in [6.07, 6.45) is 1.03. The number of halogens is 1. The number of rotatable bonds is 3. The summed E-state index contributed by atoms with van der Waals surface area (Å²) in [4.78, 5) is 35.9. The molecule has 0 atom stereocenters. The number of hydrogen-bond acceptors (Lipinski definition) is 4. The molecule has 0 radical (unpaired) electrons. The molecule has 1 aliphatic rings. The monoisotopic (exact) mass is 359 g/mol. The van der Waals surface area contributed by atoms with Gasteiger partial charge in [0.05, 0.1) is 4.92 Å². The van der Waals surface area contributed by atoms with Gasteiger partial charge in [-0.05, 0) is 42.3 Å². The van der Waals surface area contributed by atoms with E-state index in [0.717, 1.165) is 17.3 Å². The van der Waals surface area contributed by atoms with Gasteiger partial charge in [0.15, 0.2) is 0 Å². The largest absolute Gasteiger partial charge is 0.322 e. The van der Waals surface area contributed by atoms with Crippen molar-refractivity contribution in [1.82, 2.24) is 0 Å². The van der Waals surface area contributed by atoms with Gasteiger partial charge in [0.2, 0.25) is 5.91 Å². The number of amides is 2. The van der Waals surface area contributed by atoms with E-state index >= 15 is 0 Å². The lowest BCUT2D eigenvalue weighted by atomic mass is 10.0. The Balaban J connectivity index is 1.83. The van der Waals surface area contributed by atoms with Crippen LogP contribution in [0.15, 0.2) is 36.4 Å². The molecule has 0 bridgehead atoms. The van der Waals surface area contributed by atoms with Crippen molar-refractivity contribution in [2.45, 2.75) is 12.8 Å². The van der Waals surface area contributed by atoms with Gasteiger partial charge in [-0.25, -0.2) is 0 Å². The number of nitro benzene ring substituents is 1. The molecule has 0 unspecified atom stereocenters. The van der Waals surface area contributed by atoms with Crippen LogP contribution < -0.4 is 10.2 Å². The Hall–Kier alpha value is -2.93. The molecule has 2 amide bonds. The van der Waals surface area contributed by atoms with Crippen LogP contribution in [-0.2, 0) is 11.2 Å². The van der Waals surface area contributed by atoms with Gasteiger partial charge in [0.25, 0.3) is 11.6 Å². The van der Waals surface area contributed by atoms with Gasteiger partial charge in [-0.15, -0.1) is 0 Å². The Labute approximate surface area is 148 Å². The summed E-state index contributed by atoms with van der Waals surface area (Å²) in [6, 6.07) is 9.16. The number of nitro groups is 1. The number of nitrogens with one attached hydrogen (secondary N) is 1. The highest BCUT2D eigenvalue weighted by Gasteiger charge is 2.21. The van der Waals surface area contributed by atoms with Crippen molar-refractivity contribution < 1.29 is 14.5 Å². The first-order chi connectivity index (χ1) is 11.9. The zero-order valence-corrected chi connectivity index (χ0v) is 14.0. The summed E-state index contributed by atoms with van der Waals surface area (Å²) in [6.45, 7) is 0. The molecule has 8 heteroatoms. The van der Waals surface area contributed by atoms with Crippen LogP contribution in [0.3, 0.4) is 0 Å². The van der Waals surface area contributed by atoms with E-state index < -0.39 is 10.8 Å². The van der Waals surface area contributed by atoms with E-state index in [9.17, 15) is 19.7 Å². The highest BCUT2D eigenvalue weighted by Crippen LogP contribution is 2.30. The number of nitrogens with zero attached hydrogens (tertiary/aromatic N) is 2. The number of anilines is 2. The predicted octanol–water partition coefficient (Wildman–Crippen LogP) is 3.41. The van der Waals surface area contributed by atoms with Gasteiger partial charge in [-0.2, -0.15) is 0 Å². The van der Waals surface area contributed by atoms with E-state index in [1.54, 1.807) is 30.1 Å². The predicted molar refractivity (Wildman–Crippen MR) is 94.2 cm³/mol. The minimum absolute atomic E-state index is 0.0250. The summed E-state index contributed by atoms with van der Waals surface area (Å²) < 4.78 is 0. The molecule has 0 aliphatic carbocycles. The molecule has 0 saturated carbocycles. The second kappa shape index (κ2) is 6.52. The Morgan fingerprint density at radius 2 is 2.00 bits per heavy atom. The van der Waals surface area contributed by atoms with Crippen LogP contribution in [0, 0.1) is 10.1 Å². The van der Waals surface area contributed by atoms with Crippen LogP contribution in [0.4, 0.5) is 17.1 Å². The molecule has 1 N–H and O–H groups in total. The fourth-order valence-corrected chi connectivity index (χ4v) is 2.92. The molecule has 2 aromatic rings. The molecular weight excluding hydrogens is 346 g/mol. The lowest BCUT2D eigenvalue weighted by Crippen LogP contribution is -2.31. The average molecular weight is 360 g/mol. The lowest BCUT2D eigenvalue weighted by molar-refractivity contribution is -0.384. The van der Waals surface area contributed by atoms with Crippen LogP contribution in [0.25, 0.3) is 0 Å². The van der Waals surface area contributed by atoms with Crippen molar-refractivity contribution in [3.05, 3.63) is 62.7 Å². The quantitative estimate of drug-likeness (QED) is 0.671. The molecule has 2 aromatic carbocycles. The molecule has 3 rings (SSSR count). The summed E-state index contributed by atoms with van der Waals surface area (Å²) in [7, 11) is 1.71. The normalized spacial score (nSPS) is 13.4. The minimum atomic E-state index is -0.634. The van der Waals surface area contributed by atoms with Crippen LogP contribution in [0.5, 0.6) is 0 Å². The van der Waals surface area contributed by atoms with E-state index in [2.05, 4.69) is 5.32 Å². The Morgan fingerprint density at radius 3 is 2.72 bits per heavy atom. The molecule has 1 aliphatic heterocycles. The van der Waals surface area contributed by atoms with Crippen molar-refractivity contribution in [3.63, 3.8) is 0 Å². The minimum Gasteiger partial charge on any atom is -0.322 e. The summed E-state index contributed by atoms with van der Waals surface area (Å²) >= 11 is 5.76. The number of fused-ring (bicyclic) bond motifs is 1. The number of benzene rings is 2. The zero-order valence-electron chi connectivity index (χ0n) is 13.3. The van der Waals surface area contributed by atoms with Gasteiger partial charge in [0.1, 0.15) is 5.02 Å². The van der Waals surface area contributed by atoms with Crippen LogP contribution in [0.1, 0.15) is 22.3 Å². The second-order valence-corrected chi connectivity index (χ2v) is 6.08. The standard InChI is InChI=1S/C17H14ClN3O4/c1-20-14-6-4-12(8-10(14)3-7-16(20)22)19-17(23)11-2-5-13(18)15(9-11)21(24)25/h2,4-6,8-9H,3,7H2,1H3,(H,19,23). The second-order valence-electron chi connectivity index (χ2n) is 5.67. The van der Waals surface area contributed by atoms with Gasteiger partial charge in [-0.1, -0.05) is 11.6 Å². The van der Waals surface area contributed by atoms with E-state index in [0.29, 0.717) is 18.5 Å². The van der Waals surface area contributed by atoms with Crippen molar-refractivity contribution in [2.24, 2.45) is 0 Å². The van der Waals surface area contributed by atoms with E-state index in [1.807, 2.05) is 0 Å². The Morgan fingerprint density at radius 1 is 1.24 bits per heavy atom. The first-order valence-electron chi connectivity index (χ1n) is 7.51. The van der Waals surface area contributed by atoms with Gasteiger partial charge >= 0.3 is 0 Å². The Bertz CT molecular complexity index is 897. The smallest absolute Gasteiger partial charge is 0.288 e. The Kier molecular flexibility index (Phi) is 4.41. The van der Waals surface area contributed by atoms with Gasteiger partial charge < -0.3 is 10.2 Å². The molecule has 1 heterocycles. The third-order valence-corrected chi connectivity index (χ3v) is 4.41. The van der Waals surface area contributed by atoms with Gasteiger partial charge in [0, 0.05) is 36.5 Å². The summed E-state index contributed by atoms with van der Waals surface area (Å²) in [5.41, 5.74) is 2.16. The fourth-order valence-electron chi connectivity index (χ4n) is 2.73. The zero-order chi connectivity index (χ0) is 18.1. The highest BCUT2D eigenvalue weighted by atomic mass is 35.5. The maximum absolute atomic E-state index is 12.3. The van der Waals surface area contributed by atoms with E-state index in [1.165, 1.54) is 12.1 Å². The van der Waals surface area contributed by atoms with Crippen LogP contribution >= 0.6 is 11.6 Å². The first kappa shape index (κ1) is 16.9. The maximum Gasteiger partial charge on any atom is 0.288 e. The topological polar surface area (TPSA) is 92.6 Å². The molecule has 25 heavy (non-hydrogen) atoms. The number of carbonyl (C=O) groups is 2. The molecule has 0 saturated heterocycles. The molecular formula is C17H14ClN3O4. The summed E-state index contributed by atoms with van der Waals surface area (Å²) in [5.74, 6) is -0.419. The van der Waals surface area contributed by atoms with Crippen molar-refractivity contribution in [1.29, 1.82) is 0 Å². The third-order valence-electron chi connectivity index (χ3n) is 4.09. The molecule has 7 nitrogen and oxygen atoms in total. The van der Waals surface area contributed by atoms with Gasteiger partial charge in [-0.3, -0.25) is 19.7 Å². The SMILES string of the molecule is CN1C(=O)CCc2cc(NC(=O)c3ccc(Cl)c([N+](=O)[O-])c3)ccc21. The number of carbonyl (C=O) groups excluding carboxylic acids is 2.